The summed E-state index contributed by atoms with van der Waals surface area (Å²) in [5, 5.41) is 0. The van der Waals surface area contributed by atoms with Gasteiger partial charge in [-0.2, -0.15) is 4.99 Å². The molecule has 1 aromatic carbocycles. The quantitative estimate of drug-likeness (QED) is 0.631. The van der Waals surface area contributed by atoms with E-state index in [2.05, 4.69) is 4.99 Å². The highest BCUT2D eigenvalue weighted by molar-refractivity contribution is 5.54. The molecule has 1 fully saturated rings. The van der Waals surface area contributed by atoms with Crippen LogP contribution in [0.1, 0.15) is 36.8 Å². The van der Waals surface area contributed by atoms with Crippen LogP contribution < -0.4 is 9.47 Å². The molecule has 0 radical (unpaired) electrons. The first kappa shape index (κ1) is 14.1. The summed E-state index contributed by atoms with van der Waals surface area (Å²) in [6.07, 6.45) is 5.60. The van der Waals surface area contributed by atoms with E-state index < -0.39 is 5.54 Å². The van der Waals surface area contributed by atoms with Crippen LogP contribution in [0.25, 0.3) is 0 Å². The Hall–Kier alpha value is -1.84. The Bertz CT molecular complexity index is 572. The van der Waals surface area contributed by atoms with Crippen molar-refractivity contribution in [3.63, 3.8) is 0 Å². The number of aliphatic imine (C=N–C) groups is 1. The van der Waals surface area contributed by atoms with Crippen molar-refractivity contribution in [2.24, 2.45) is 4.99 Å². The Morgan fingerprint density at radius 2 is 2.05 bits per heavy atom. The molecule has 0 amide bonds. The Labute approximate surface area is 123 Å². The molecule has 1 heterocycles. The van der Waals surface area contributed by atoms with Crippen LogP contribution >= 0.6 is 0 Å². The second kappa shape index (κ2) is 5.88. The summed E-state index contributed by atoms with van der Waals surface area (Å²) >= 11 is 0. The fourth-order valence-electron chi connectivity index (χ4n) is 3.39. The molecule has 0 spiro atoms. The molecule has 1 saturated carbocycles. The van der Waals surface area contributed by atoms with E-state index in [-0.39, 0.29) is 0 Å². The van der Waals surface area contributed by atoms with Crippen LogP contribution in [0.5, 0.6) is 11.5 Å². The van der Waals surface area contributed by atoms with Crippen LogP contribution in [0, 0.1) is 0 Å². The predicted octanol–water partition coefficient (Wildman–Crippen LogP) is 2.71. The van der Waals surface area contributed by atoms with Crippen LogP contribution in [0.2, 0.25) is 0 Å². The Morgan fingerprint density at radius 3 is 2.76 bits per heavy atom. The third-order valence-electron chi connectivity index (χ3n) is 4.29. The first-order valence-electron chi connectivity index (χ1n) is 7.31. The van der Waals surface area contributed by atoms with Crippen molar-refractivity contribution in [3.05, 3.63) is 23.3 Å². The lowest BCUT2D eigenvalue weighted by Gasteiger charge is -2.29. The summed E-state index contributed by atoms with van der Waals surface area (Å²) < 4.78 is 16.8. The van der Waals surface area contributed by atoms with Gasteiger partial charge in [-0.15, -0.1) is 0 Å². The molecule has 0 N–H and O–H groups in total. The molecule has 0 atom stereocenters. The van der Waals surface area contributed by atoms with Crippen molar-refractivity contribution in [1.29, 1.82) is 0 Å². The maximum atomic E-state index is 10.9. The lowest BCUT2D eigenvalue weighted by Crippen LogP contribution is -2.24. The molecule has 0 bridgehead atoms. The number of benzene rings is 1. The molecular weight excluding hydrogens is 270 g/mol. The highest BCUT2D eigenvalue weighted by atomic mass is 16.6. The molecule has 21 heavy (non-hydrogen) atoms. The molecular formula is C16H19NO4. The molecule has 0 unspecified atom stereocenters. The lowest BCUT2D eigenvalue weighted by atomic mass is 9.85. The Morgan fingerprint density at radius 1 is 1.29 bits per heavy atom. The molecule has 112 valence electrons. The van der Waals surface area contributed by atoms with Gasteiger partial charge in [-0.1, -0.05) is 18.9 Å². The number of fused-ring (bicyclic) bond motifs is 1. The fourth-order valence-corrected chi connectivity index (χ4v) is 3.39. The minimum absolute atomic E-state index is 0.415. The molecule has 0 saturated heterocycles. The number of rotatable bonds is 4. The number of methoxy groups -OCH3 is 1. The van der Waals surface area contributed by atoms with Gasteiger partial charge in [0.25, 0.3) is 0 Å². The van der Waals surface area contributed by atoms with Gasteiger partial charge in [-0.05, 0) is 24.5 Å². The van der Waals surface area contributed by atoms with E-state index in [0.717, 1.165) is 48.3 Å². The summed E-state index contributed by atoms with van der Waals surface area (Å²) in [5.74, 6) is 1.47. The standard InChI is InChI=1S/C16H19NO4/c1-19-10-12-13(16(17-11-18)6-2-3-7-16)4-5-14-15(12)21-9-8-20-14/h4-5H,2-3,6-10H2,1H3. The summed E-state index contributed by atoms with van der Waals surface area (Å²) in [7, 11) is 1.65. The van der Waals surface area contributed by atoms with Gasteiger partial charge in [0.15, 0.2) is 11.5 Å². The van der Waals surface area contributed by atoms with Crippen molar-refractivity contribution in [1.82, 2.24) is 0 Å². The second-order valence-corrected chi connectivity index (χ2v) is 5.49. The summed E-state index contributed by atoms with van der Waals surface area (Å²) in [6.45, 7) is 1.49. The first-order valence-corrected chi connectivity index (χ1v) is 7.31. The van der Waals surface area contributed by atoms with Crippen molar-refractivity contribution in [2.45, 2.75) is 37.8 Å². The van der Waals surface area contributed by atoms with E-state index in [0.29, 0.717) is 19.8 Å². The third-order valence-corrected chi connectivity index (χ3v) is 4.29. The van der Waals surface area contributed by atoms with Gasteiger partial charge in [0, 0.05) is 12.7 Å². The van der Waals surface area contributed by atoms with Crippen LogP contribution in [-0.2, 0) is 21.7 Å². The highest BCUT2D eigenvalue weighted by Gasteiger charge is 2.39. The molecule has 5 heteroatoms. The number of ether oxygens (including phenoxy) is 3. The molecule has 2 aliphatic rings. The highest BCUT2D eigenvalue weighted by Crippen LogP contribution is 2.47. The molecule has 1 aliphatic carbocycles. The van der Waals surface area contributed by atoms with E-state index >= 15 is 0 Å². The van der Waals surface area contributed by atoms with E-state index in [9.17, 15) is 4.79 Å². The molecule has 3 rings (SSSR count). The van der Waals surface area contributed by atoms with Crippen molar-refractivity contribution < 1.29 is 19.0 Å². The largest absolute Gasteiger partial charge is 0.486 e. The summed E-state index contributed by atoms with van der Waals surface area (Å²) in [4.78, 5) is 15.1. The number of carbonyl (C=O) groups excluding carboxylic acids is 1. The maximum Gasteiger partial charge on any atom is 0.235 e. The van der Waals surface area contributed by atoms with Gasteiger partial charge in [0.2, 0.25) is 6.08 Å². The van der Waals surface area contributed by atoms with E-state index in [1.165, 1.54) is 0 Å². The number of hydrogen-bond donors (Lipinski definition) is 0. The van der Waals surface area contributed by atoms with Gasteiger partial charge in [0.05, 0.1) is 12.1 Å². The zero-order chi connectivity index (χ0) is 14.7. The number of nitrogens with zero attached hydrogens (tertiary/aromatic N) is 1. The topological polar surface area (TPSA) is 57.1 Å². The summed E-state index contributed by atoms with van der Waals surface area (Å²) in [5.41, 5.74) is 1.47. The van der Waals surface area contributed by atoms with E-state index in [4.69, 9.17) is 14.2 Å². The first-order chi connectivity index (χ1) is 10.3. The number of hydrogen-bond acceptors (Lipinski definition) is 5. The average molecular weight is 289 g/mol. The maximum absolute atomic E-state index is 10.9. The van der Waals surface area contributed by atoms with E-state index in [1.807, 2.05) is 12.1 Å². The van der Waals surface area contributed by atoms with Gasteiger partial charge in [0.1, 0.15) is 13.2 Å². The third kappa shape index (κ3) is 2.43. The number of isocyanates is 1. The van der Waals surface area contributed by atoms with Gasteiger partial charge < -0.3 is 14.2 Å². The average Bonchev–Trinajstić information content (AvgIpc) is 2.98. The Kier molecular flexibility index (Phi) is 3.95. The molecule has 1 aliphatic heterocycles. The van der Waals surface area contributed by atoms with Gasteiger partial charge >= 0.3 is 0 Å². The minimum Gasteiger partial charge on any atom is -0.486 e. The van der Waals surface area contributed by atoms with Crippen molar-refractivity contribution in [2.75, 3.05) is 20.3 Å². The molecule has 5 nitrogen and oxygen atoms in total. The van der Waals surface area contributed by atoms with Crippen molar-refractivity contribution in [3.8, 4) is 11.5 Å². The van der Waals surface area contributed by atoms with Crippen LogP contribution in [-0.4, -0.2) is 26.4 Å². The fraction of sp³-hybridized carbons (Fsp3) is 0.562. The van der Waals surface area contributed by atoms with Crippen LogP contribution in [0.3, 0.4) is 0 Å². The second-order valence-electron chi connectivity index (χ2n) is 5.49. The molecule has 0 aromatic heterocycles. The zero-order valence-corrected chi connectivity index (χ0v) is 12.2. The van der Waals surface area contributed by atoms with Gasteiger partial charge in [-0.3, -0.25) is 0 Å². The van der Waals surface area contributed by atoms with Crippen LogP contribution in [0.15, 0.2) is 17.1 Å². The van der Waals surface area contributed by atoms with Gasteiger partial charge in [-0.25, -0.2) is 4.79 Å². The monoisotopic (exact) mass is 289 g/mol. The van der Waals surface area contributed by atoms with Crippen molar-refractivity contribution >= 4 is 6.08 Å². The zero-order valence-electron chi connectivity index (χ0n) is 12.2. The van der Waals surface area contributed by atoms with E-state index in [1.54, 1.807) is 13.2 Å². The predicted molar refractivity (Wildman–Crippen MR) is 76.4 cm³/mol. The SMILES string of the molecule is COCc1c(C2(N=C=O)CCCC2)ccc2c1OCCO2. The normalized spacial score (nSPS) is 19.1. The minimum atomic E-state index is -0.481. The Balaban J connectivity index is 2.14. The summed E-state index contributed by atoms with van der Waals surface area (Å²) in [6, 6.07) is 3.90. The van der Waals surface area contributed by atoms with Crippen LogP contribution in [0.4, 0.5) is 0 Å². The molecule has 1 aromatic rings. The lowest BCUT2D eigenvalue weighted by molar-refractivity contribution is 0.151. The smallest absolute Gasteiger partial charge is 0.235 e.